The van der Waals surface area contributed by atoms with E-state index in [2.05, 4.69) is 15.2 Å². The first-order chi connectivity index (χ1) is 13.2. The van der Waals surface area contributed by atoms with E-state index in [1.807, 2.05) is 36.4 Å². The number of rotatable bonds is 4. The summed E-state index contributed by atoms with van der Waals surface area (Å²) in [5, 5.41) is 7.22. The third-order valence-electron chi connectivity index (χ3n) is 4.69. The predicted molar refractivity (Wildman–Crippen MR) is 97.2 cm³/mol. The Bertz CT molecular complexity index is 928. The van der Waals surface area contributed by atoms with Crippen molar-refractivity contribution in [1.29, 1.82) is 0 Å². The summed E-state index contributed by atoms with van der Waals surface area (Å²) < 4.78 is 19.6. The number of aromatic amines is 1. The van der Waals surface area contributed by atoms with Gasteiger partial charge in [-0.1, -0.05) is 18.2 Å². The number of nitrogens with one attached hydrogen (secondary N) is 1. The minimum Gasteiger partial charge on any atom is -0.438 e. The van der Waals surface area contributed by atoms with Crippen molar-refractivity contribution in [2.75, 3.05) is 13.1 Å². The molecule has 0 bridgehead atoms. The number of likely N-dealkylation sites (tertiary alicyclic amines) is 1. The van der Waals surface area contributed by atoms with Crippen LogP contribution in [0.3, 0.4) is 0 Å². The highest BCUT2D eigenvalue weighted by molar-refractivity contribution is 5.94. The maximum absolute atomic E-state index is 13.9. The fraction of sp³-hybridized carbons (Fsp3) is 0.250. The number of halogens is 1. The monoisotopic (exact) mass is 366 g/mol. The van der Waals surface area contributed by atoms with E-state index in [0.717, 1.165) is 24.7 Å². The summed E-state index contributed by atoms with van der Waals surface area (Å²) >= 11 is 0. The van der Waals surface area contributed by atoms with Crippen molar-refractivity contribution < 1.29 is 13.9 Å². The van der Waals surface area contributed by atoms with Gasteiger partial charge < -0.3 is 9.64 Å². The topological polar surface area (TPSA) is 71.1 Å². The number of carbonyl (C=O) groups excluding carboxylic acids is 1. The Balaban J connectivity index is 1.46. The van der Waals surface area contributed by atoms with Crippen LogP contribution in [0, 0.1) is 5.82 Å². The molecule has 2 aromatic heterocycles. The molecule has 27 heavy (non-hydrogen) atoms. The summed E-state index contributed by atoms with van der Waals surface area (Å²) in [6, 6.07) is 12.7. The Morgan fingerprint density at radius 1 is 1.26 bits per heavy atom. The number of hydrogen-bond donors (Lipinski definition) is 1. The van der Waals surface area contributed by atoms with Gasteiger partial charge in [-0.25, -0.2) is 4.39 Å². The molecule has 1 aliphatic heterocycles. The average molecular weight is 366 g/mol. The van der Waals surface area contributed by atoms with Crippen molar-refractivity contribution in [1.82, 2.24) is 20.1 Å². The second kappa shape index (κ2) is 7.57. The average Bonchev–Trinajstić information content (AvgIpc) is 3.17. The number of aromatic nitrogens is 3. The number of benzene rings is 1. The lowest BCUT2D eigenvalue weighted by atomic mass is 9.94. The van der Waals surface area contributed by atoms with Gasteiger partial charge in [0.1, 0.15) is 5.75 Å². The molecule has 6 nitrogen and oxygen atoms in total. The molecular formula is C20H19FN4O2. The first-order valence-corrected chi connectivity index (χ1v) is 8.87. The number of piperidine rings is 1. The lowest BCUT2D eigenvalue weighted by Gasteiger charge is -2.32. The number of pyridine rings is 1. The van der Waals surface area contributed by atoms with Crippen LogP contribution in [-0.2, 0) is 0 Å². The zero-order valence-corrected chi connectivity index (χ0v) is 14.6. The fourth-order valence-corrected chi connectivity index (χ4v) is 3.32. The summed E-state index contributed by atoms with van der Waals surface area (Å²) in [5.41, 5.74) is 0.969. The van der Waals surface area contributed by atoms with Gasteiger partial charge in [-0.2, -0.15) is 0 Å². The molecule has 4 rings (SSSR count). The van der Waals surface area contributed by atoms with Gasteiger partial charge in [-0.3, -0.25) is 14.9 Å². The third kappa shape index (κ3) is 3.81. The zero-order valence-electron chi connectivity index (χ0n) is 14.6. The predicted octanol–water partition coefficient (Wildman–Crippen LogP) is 3.76. The summed E-state index contributed by atoms with van der Waals surface area (Å²) in [6.45, 7) is 1.12. The van der Waals surface area contributed by atoms with Crippen LogP contribution in [0.1, 0.15) is 34.8 Å². The number of amides is 1. The quantitative estimate of drug-likeness (QED) is 0.763. The molecule has 0 unspecified atom stereocenters. The first-order valence-electron chi connectivity index (χ1n) is 8.87. The van der Waals surface area contributed by atoms with E-state index in [4.69, 9.17) is 4.74 Å². The maximum atomic E-state index is 13.9. The van der Waals surface area contributed by atoms with Crippen LogP contribution >= 0.6 is 0 Å². The molecule has 1 N–H and O–H groups in total. The highest BCUT2D eigenvalue weighted by atomic mass is 19.1. The number of nitrogens with zero attached hydrogens (tertiary/aromatic N) is 3. The molecule has 0 radical (unpaired) electrons. The summed E-state index contributed by atoms with van der Waals surface area (Å²) in [4.78, 5) is 18.0. The van der Waals surface area contributed by atoms with Gasteiger partial charge in [0.2, 0.25) is 5.88 Å². The van der Waals surface area contributed by atoms with Crippen molar-refractivity contribution in [3.8, 4) is 11.6 Å². The molecule has 0 saturated carbocycles. The molecule has 1 amide bonds. The minimum atomic E-state index is -0.593. The minimum absolute atomic E-state index is 0.0587. The second-order valence-electron chi connectivity index (χ2n) is 6.52. The lowest BCUT2D eigenvalue weighted by Crippen LogP contribution is -2.39. The molecule has 0 aliphatic carbocycles. The van der Waals surface area contributed by atoms with Gasteiger partial charge in [0.15, 0.2) is 5.82 Å². The van der Waals surface area contributed by atoms with Crippen LogP contribution in [0.15, 0.2) is 54.9 Å². The molecule has 3 aromatic rings. The van der Waals surface area contributed by atoms with Crippen LogP contribution in [0.25, 0.3) is 0 Å². The van der Waals surface area contributed by atoms with Gasteiger partial charge in [0.05, 0.1) is 11.8 Å². The zero-order chi connectivity index (χ0) is 18.6. The van der Waals surface area contributed by atoms with Crippen molar-refractivity contribution in [2.24, 2.45) is 0 Å². The van der Waals surface area contributed by atoms with Gasteiger partial charge in [0.25, 0.3) is 5.91 Å². The number of ether oxygens (including phenoxy) is 1. The molecule has 0 spiro atoms. The molecule has 1 saturated heterocycles. The van der Waals surface area contributed by atoms with E-state index in [9.17, 15) is 9.18 Å². The van der Waals surface area contributed by atoms with E-state index < -0.39 is 5.82 Å². The van der Waals surface area contributed by atoms with Crippen molar-refractivity contribution in [3.05, 3.63) is 71.9 Å². The SMILES string of the molecule is O=C(c1ccncc1F)N1CCC[C@H](c2cc(Oc3ccccc3)n[nH]2)C1. The van der Waals surface area contributed by atoms with Crippen LogP contribution in [-0.4, -0.2) is 39.1 Å². The largest absolute Gasteiger partial charge is 0.438 e. The molecule has 1 aromatic carbocycles. The Kier molecular flexibility index (Phi) is 4.82. The molecule has 138 valence electrons. The van der Waals surface area contributed by atoms with Gasteiger partial charge in [0, 0.05) is 37.0 Å². The second-order valence-corrected chi connectivity index (χ2v) is 6.52. The number of para-hydroxylation sites is 1. The van der Waals surface area contributed by atoms with E-state index in [0.29, 0.717) is 24.7 Å². The van der Waals surface area contributed by atoms with Crippen molar-refractivity contribution in [3.63, 3.8) is 0 Å². The van der Waals surface area contributed by atoms with Crippen molar-refractivity contribution >= 4 is 5.91 Å². The van der Waals surface area contributed by atoms with E-state index in [-0.39, 0.29) is 17.4 Å². The third-order valence-corrected chi connectivity index (χ3v) is 4.69. The van der Waals surface area contributed by atoms with Gasteiger partial charge in [-0.05, 0) is 31.0 Å². The summed E-state index contributed by atoms with van der Waals surface area (Å²) in [7, 11) is 0. The maximum Gasteiger partial charge on any atom is 0.256 e. The molecular weight excluding hydrogens is 347 g/mol. The Morgan fingerprint density at radius 2 is 2.11 bits per heavy atom. The van der Waals surface area contributed by atoms with E-state index in [1.165, 1.54) is 12.3 Å². The van der Waals surface area contributed by atoms with Gasteiger partial charge in [-0.15, -0.1) is 5.10 Å². The smallest absolute Gasteiger partial charge is 0.256 e. The van der Waals surface area contributed by atoms with E-state index in [1.54, 1.807) is 4.90 Å². The van der Waals surface area contributed by atoms with Crippen molar-refractivity contribution in [2.45, 2.75) is 18.8 Å². The van der Waals surface area contributed by atoms with Crippen LogP contribution in [0.5, 0.6) is 11.6 Å². The van der Waals surface area contributed by atoms with Crippen LogP contribution < -0.4 is 4.74 Å². The molecule has 1 fully saturated rings. The fourth-order valence-electron chi connectivity index (χ4n) is 3.32. The summed E-state index contributed by atoms with van der Waals surface area (Å²) in [6.07, 6.45) is 4.27. The number of carbonyl (C=O) groups is 1. The first kappa shape index (κ1) is 17.2. The normalized spacial score (nSPS) is 16.9. The van der Waals surface area contributed by atoms with Crippen LogP contribution in [0.4, 0.5) is 4.39 Å². The molecule has 7 heteroatoms. The summed E-state index contributed by atoms with van der Waals surface area (Å²) in [5.74, 6) is 0.404. The Morgan fingerprint density at radius 3 is 2.93 bits per heavy atom. The van der Waals surface area contributed by atoms with Crippen LogP contribution in [0.2, 0.25) is 0 Å². The lowest BCUT2D eigenvalue weighted by molar-refractivity contribution is 0.0701. The Labute approximate surface area is 156 Å². The van der Waals surface area contributed by atoms with Gasteiger partial charge >= 0.3 is 0 Å². The highest BCUT2D eigenvalue weighted by Crippen LogP contribution is 2.29. The number of hydrogen-bond acceptors (Lipinski definition) is 4. The number of H-pyrrole nitrogens is 1. The Hall–Kier alpha value is -3.22. The molecule has 1 atom stereocenters. The molecule has 3 heterocycles. The standard InChI is InChI=1S/C20H19FN4O2/c21-17-12-22-9-8-16(17)20(26)25-10-4-5-14(13-25)18-11-19(24-23-18)27-15-6-2-1-3-7-15/h1-3,6-9,11-12,14H,4-5,10,13H2,(H,23,24)/t14-/m0/s1. The van der Waals surface area contributed by atoms with E-state index >= 15 is 0 Å². The molecule has 1 aliphatic rings. The highest BCUT2D eigenvalue weighted by Gasteiger charge is 2.28.